The summed E-state index contributed by atoms with van der Waals surface area (Å²) < 4.78 is 9.25. The van der Waals surface area contributed by atoms with E-state index in [9.17, 15) is 9.59 Å². The molecule has 0 fully saturated rings. The van der Waals surface area contributed by atoms with Gasteiger partial charge >= 0.3 is 11.9 Å². The second kappa shape index (κ2) is 6.54. The lowest BCUT2D eigenvalue weighted by atomic mass is 9.79. The Hall–Kier alpha value is -2.02. The number of esters is 2. The molecule has 0 saturated heterocycles. The molecule has 0 unspecified atom stereocenters. The van der Waals surface area contributed by atoms with Gasteiger partial charge in [0.05, 0.1) is 14.2 Å². The summed E-state index contributed by atoms with van der Waals surface area (Å²) in [6, 6.07) is 0. The van der Waals surface area contributed by atoms with E-state index < -0.39 is 17.4 Å². The highest BCUT2D eigenvalue weighted by Gasteiger charge is 2.47. The van der Waals surface area contributed by atoms with Crippen LogP contribution in [0.3, 0.4) is 0 Å². The summed E-state index contributed by atoms with van der Waals surface area (Å²) >= 11 is 0. The number of terminal acetylenes is 1. The molecule has 0 aliphatic heterocycles. The molecule has 0 N–H and O–H groups in total. The summed E-state index contributed by atoms with van der Waals surface area (Å²) in [6.45, 7) is 7.19. The van der Waals surface area contributed by atoms with Crippen LogP contribution in [0.5, 0.6) is 0 Å². The van der Waals surface area contributed by atoms with Gasteiger partial charge < -0.3 is 9.47 Å². The van der Waals surface area contributed by atoms with Gasteiger partial charge in [0.15, 0.2) is 5.41 Å². The van der Waals surface area contributed by atoms with Gasteiger partial charge in [-0.3, -0.25) is 9.59 Å². The molecular formula is C13H16O4. The maximum Gasteiger partial charge on any atom is 0.324 e. The highest BCUT2D eigenvalue weighted by molar-refractivity contribution is 6.00. The van der Waals surface area contributed by atoms with Gasteiger partial charge in [-0.2, -0.15) is 0 Å². The Kier molecular flexibility index (Phi) is 5.76. The van der Waals surface area contributed by atoms with Crippen molar-refractivity contribution in [2.24, 2.45) is 5.41 Å². The fraction of sp³-hybridized carbons (Fsp3) is 0.385. The van der Waals surface area contributed by atoms with E-state index in [1.165, 1.54) is 20.3 Å². The smallest absolute Gasteiger partial charge is 0.324 e. The minimum Gasteiger partial charge on any atom is -0.468 e. The van der Waals surface area contributed by atoms with Crippen LogP contribution in [0.15, 0.2) is 24.8 Å². The van der Waals surface area contributed by atoms with Crippen LogP contribution in [0.2, 0.25) is 0 Å². The summed E-state index contributed by atoms with van der Waals surface area (Å²) in [5.74, 6) is 0.829. The van der Waals surface area contributed by atoms with E-state index in [0.29, 0.717) is 5.57 Å². The Morgan fingerprint density at radius 1 is 1.35 bits per heavy atom. The monoisotopic (exact) mass is 236 g/mol. The van der Waals surface area contributed by atoms with Gasteiger partial charge in [0.2, 0.25) is 0 Å². The second-order valence-corrected chi connectivity index (χ2v) is 3.49. The van der Waals surface area contributed by atoms with Gasteiger partial charge in [0.1, 0.15) is 0 Å². The third kappa shape index (κ3) is 3.22. The van der Waals surface area contributed by atoms with Crippen LogP contribution in [0.1, 0.15) is 12.8 Å². The summed E-state index contributed by atoms with van der Waals surface area (Å²) in [5.41, 5.74) is -1.03. The zero-order valence-electron chi connectivity index (χ0n) is 10.1. The molecule has 0 heterocycles. The van der Waals surface area contributed by atoms with Crippen LogP contribution in [0, 0.1) is 17.8 Å². The number of ether oxygens (including phenoxy) is 2. The van der Waals surface area contributed by atoms with Crippen molar-refractivity contribution in [1.29, 1.82) is 0 Å². The predicted molar refractivity (Wildman–Crippen MR) is 63.9 cm³/mol. The average Bonchev–Trinajstić information content (AvgIpc) is 2.35. The molecule has 0 aromatic carbocycles. The Balaban J connectivity index is 5.47. The maximum absolute atomic E-state index is 11.8. The van der Waals surface area contributed by atoms with E-state index in [1.807, 2.05) is 0 Å². The van der Waals surface area contributed by atoms with Gasteiger partial charge in [-0.15, -0.1) is 12.3 Å². The molecule has 0 rings (SSSR count). The number of carbonyl (C=O) groups is 2. The Bertz CT molecular complexity index is 357. The third-order valence-electron chi connectivity index (χ3n) is 2.37. The van der Waals surface area contributed by atoms with Crippen LogP contribution in [0.25, 0.3) is 0 Å². The number of hydrogen-bond acceptors (Lipinski definition) is 4. The van der Waals surface area contributed by atoms with Gasteiger partial charge in [-0.05, 0) is 6.42 Å². The highest BCUT2D eigenvalue weighted by Crippen LogP contribution is 2.33. The lowest BCUT2D eigenvalue weighted by molar-refractivity contribution is -0.168. The molecular weight excluding hydrogens is 220 g/mol. The highest BCUT2D eigenvalue weighted by atomic mass is 16.5. The molecule has 0 aliphatic rings. The van der Waals surface area contributed by atoms with E-state index in [4.69, 9.17) is 6.42 Å². The summed E-state index contributed by atoms with van der Waals surface area (Å²) in [4.78, 5) is 23.6. The molecule has 0 atom stereocenters. The number of hydrogen-bond donors (Lipinski definition) is 0. The van der Waals surface area contributed by atoms with Gasteiger partial charge in [-0.1, -0.05) is 24.8 Å². The van der Waals surface area contributed by atoms with E-state index in [0.717, 1.165) is 0 Å². The molecule has 17 heavy (non-hydrogen) atoms. The first-order valence-corrected chi connectivity index (χ1v) is 4.89. The van der Waals surface area contributed by atoms with Crippen molar-refractivity contribution in [2.75, 3.05) is 14.2 Å². The van der Waals surface area contributed by atoms with Crippen molar-refractivity contribution in [2.45, 2.75) is 12.8 Å². The first-order chi connectivity index (χ1) is 7.98. The Labute approximate surface area is 101 Å². The fourth-order valence-corrected chi connectivity index (χ4v) is 1.46. The lowest BCUT2D eigenvalue weighted by Crippen LogP contribution is -2.41. The van der Waals surface area contributed by atoms with E-state index >= 15 is 0 Å². The van der Waals surface area contributed by atoms with Crippen LogP contribution in [-0.2, 0) is 19.1 Å². The maximum atomic E-state index is 11.8. The SMILES string of the molecule is C#CCC(CC(=C)C=C)(C(=O)OC)C(=O)OC. The number of methoxy groups -OCH3 is 2. The Morgan fingerprint density at radius 3 is 2.12 bits per heavy atom. The first kappa shape index (κ1) is 15.0. The van der Waals surface area contributed by atoms with Gasteiger partial charge in [0.25, 0.3) is 0 Å². The van der Waals surface area contributed by atoms with Crippen LogP contribution in [0.4, 0.5) is 0 Å². The number of allylic oxidation sites excluding steroid dienone is 2. The molecule has 92 valence electrons. The van der Waals surface area contributed by atoms with Crippen molar-refractivity contribution in [3.8, 4) is 12.3 Å². The summed E-state index contributed by atoms with van der Waals surface area (Å²) in [6.07, 6.45) is 6.57. The topological polar surface area (TPSA) is 52.6 Å². The standard InChI is InChI=1S/C13H16O4/c1-6-8-13(11(14)16-4,12(15)17-5)9-10(3)7-2/h1,7H,2-3,8-9H2,4-5H3. The first-order valence-electron chi connectivity index (χ1n) is 4.89. The quantitative estimate of drug-likeness (QED) is 0.303. The van der Waals surface area contributed by atoms with E-state index in [-0.39, 0.29) is 12.8 Å². The third-order valence-corrected chi connectivity index (χ3v) is 2.37. The molecule has 0 radical (unpaired) electrons. The molecule has 4 heteroatoms. The molecule has 0 amide bonds. The van der Waals surface area contributed by atoms with Crippen LogP contribution < -0.4 is 0 Å². The summed E-state index contributed by atoms with van der Waals surface area (Å²) in [5, 5.41) is 0. The molecule has 0 bridgehead atoms. The molecule has 0 aromatic rings. The Morgan fingerprint density at radius 2 is 1.82 bits per heavy atom. The van der Waals surface area contributed by atoms with Crippen LogP contribution in [-0.4, -0.2) is 26.2 Å². The normalized spacial score (nSPS) is 9.94. The number of rotatable bonds is 6. The summed E-state index contributed by atoms with van der Waals surface area (Å²) in [7, 11) is 2.38. The fourth-order valence-electron chi connectivity index (χ4n) is 1.46. The average molecular weight is 236 g/mol. The molecule has 0 saturated carbocycles. The van der Waals surface area contributed by atoms with Crippen LogP contribution >= 0.6 is 0 Å². The minimum absolute atomic E-state index is 0.0278. The van der Waals surface area contributed by atoms with Gasteiger partial charge in [-0.25, -0.2) is 0 Å². The zero-order valence-corrected chi connectivity index (χ0v) is 10.1. The van der Waals surface area contributed by atoms with Crippen molar-refractivity contribution >= 4 is 11.9 Å². The molecule has 0 spiro atoms. The molecule has 0 aromatic heterocycles. The van der Waals surface area contributed by atoms with Gasteiger partial charge in [0, 0.05) is 6.42 Å². The predicted octanol–water partition coefficient (Wildman–Crippen LogP) is 1.47. The van der Waals surface area contributed by atoms with Crippen molar-refractivity contribution in [3.05, 3.63) is 24.8 Å². The van der Waals surface area contributed by atoms with E-state index in [2.05, 4.69) is 28.6 Å². The minimum atomic E-state index is -1.54. The lowest BCUT2D eigenvalue weighted by Gasteiger charge is -2.26. The zero-order chi connectivity index (χ0) is 13.5. The van der Waals surface area contributed by atoms with E-state index in [1.54, 1.807) is 0 Å². The van der Waals surface area contributed by atoms with Crippen molar-refractivity contribution < 1.29 is 19.1 Å². The second-order valence-electron chi connectivity index (χ2n) is 3.49. The molecule has 0 aliphatic carbocycles. The molecule has 4 nitrogen and oxygen atoms in total. The van der Waals surface area contributed by atoms with Crippen molar-refractivity contribution in [3.63, 3.8) is 0 Å². The largest absolute Gasteiger partial charge is 0.468 e. The van der Waals surface area contributed by atoms with Crippen molar-refractivity contribution in [1.82, 2.24) is 0 Å². The number of carbonyl (C=O) groups excluding carboxylic acids is 2.